The summed E-state index contributed by atoms with van der Waals surface area (Å²) in [6.45, 7) is 20.8. The average molecular weight is 707 g/mol. The lowest BCUT2D eigenvalue weighted by molar-refractivity contribution is 0.641. The average Bonchev–Trinajstić information content (AvgIpc) is 3.24. The SMILES string of the molecule is C=C/C=C\C(=C/C)C(/C(C=C)=c1\cccc\c1=C\C)C(C)c1ccc(-c2ccc(CCc3cccc4ccccc34)cc2)cc1.CC.Cc1ccccc1. The second kappa shape index (κ2) is 21.7. The van der Waals surface area contributed by atoms with Crippen LogP contribution in [0.1, 0.15) is 62.8 Å². The fraction of sp³-hybridized carbons (Fsp3) is 0.185. The zero-order valence-corrected chi connectivity index (χ0v) is 33.3. The number of hydrogen-bond donors (Lipinski definition) is 0. The highest BCUT2D eigenvalue weighted by molar-refractivity contribution is 5.85. The fourth-order valence-electron chi connectivity index (χ4n) is 7.07. The van der Waals surface area contributed by atoms with Crippen molar-refractivity contribution in [2.75, 3.05) is 0 Å². The van der Waals surface area contributed by atoms with Crippen molar-refractivity contribution in [3.05, 3.63) is 227 Å². The van der Waals surface area contributed by atoms with Gasteiger partial charge in [0.2, 0.25) is 0 Å². The number of hydrogen-bond acceptors (Lipinski definition) is 0. The highest BCUT2D eigenvalue weighted by Crippen LogP contribution is 2.37. The molecule has 6 aromatic carbocycles. The summed E-state index contributed by atoms with van der Waals surface area (Å²) in [5, 5.41) is 5.13. The number of aryl methyl sites for hydroxylation is 3. The smallest absolute Gasteiger partial charge is 0.0158 e. The highest BCUT2D eigenvalue weighted by Gasteiger charge is 2.25. The van der Waals surface area contributed by atoms with Gasteiger partial charge in [-0.2, -0.15) is 0 Å². The topological polar surface area (TPSA) is 0 Å². The Bertz CT molecular complexity index is 2240. The van der Waals surface area contributed by atoms with E-state index >= 15 is 0 Å². The first-order chi connectivity index (χ1) is 26.5. The molecule has 6 aromatic rings. The molecular formula is C54H58. The molecule has 0 aliphatic heterocycles. The van der Waals surface area contributed by atoms with Gasteiger partial charge in [-0.1, -0.05) is 222 Å². The van der Waals surface area contributed by atoms with Crippen LogP contribution >= 0.6 is 0 Å². The van der Waals surface area contributed by atoms with Crippen LogP contribution < -0.4 is 10.4 Å². The Kier molecular flexibility index (Phi) is 16.5. The molecule has 0 radical (unpaired) electrons. The molecule has 274 valence electrons. The predicted molar refractivity (Wildman–Crippen MR) is 240 cm³/mol. The molecule has 0 fully saturated rings. The Hall–Kier alpha value is -5.72. The van der Waals surface area contributed by atoms with Gasteiger partial charge in [-0.05, 0) is 99.7 Å². The van der Waals surface area contributed by atoms with Crippen molar-refractivity contribution >= 4 is 22.4 Å². The minimum atomic E-state index is 0.136. The van der Waals surface area contributed by atoms with E-state index in [2.05, 4.69) is 186 Å². The lowest BCUT2D eigenvalue weighted by atomic mass is 9.76. The van der Waals surface area contributed by atoms with Gasteiger partial charge in [0.25, 0.3) is 0 Å². The molecule has 0 nitrogen and oxygen atoms in total. The molecule has 0 aromatic heterocycles. The van der Waals surface area contributed by atoms with Gasteiger partial charge in [-0.25, -0.2) is 0 Å². The molecule has 6 rings (SSSR count). The summed E-state index contributed by atoms with van der Waals surface area (Å²) in [5.41, 5.74) is 10.4. The third-order valence-corrected chi connectivity index (χ3v) is 9.98. The molecular weight excluding hydrogens is 649 g/mol. The fourth-order valence-corrected chi connectivity index (χ4v) is 7.07. The van der Waals surface area contributed by atoms with Gasteiger partial charge >= 0.3 is 0 Å². The normalized spacial score (nSPS) is 13.2. The van der Waals surface area contributed by atoms with Crippen LogP contribution in [-0.2, 0) is 12.8 Å². The van der Waals surface area contributed by atoms with Crippen molar-refractivity contribution in [1.29, 1.82) is 0 Å². The van der Waals surface area contributed by atoms with Crippen molar-refractivity contribution < 1.29 is 0 Å². The Balaban J connectivity index is 0.000000640. The Labute approximate surface area is 326 Å². The quantitative estimate of drug-likeness (QED) is 0.118. The molecule has 2 unspecified atom stereocenters. The van der Waals surface area contributed by atoms with Crippen molar-refractivity contribution in [1.82, 2.24) is 0 Å². The third-order valence-electron chi connectivity index (χ3n) is 9.98. The van der Waals surface area contributed by atoms with Crippen LogP contribution in [0.4, 0.5) is 0 Å². The van der Waals surface area contributed by atoms with Crippen LogP contribution in [0.25, 0.3) is 33.5 Å². The Morgan fingerprint density at radius 1 is 0.648 bits per heavy atom. The van der Waals surface area contributed by atoms with E-state index in [9.17, 15) is 0 Å². The molecule has 0 aliphatic carbocycles. The van der Waals surface area contributed by atoms with Gasteiger partial charge < -0.3 is 0 Å². The molecule has 0 bridgehead atoms. The number of rotatable bonds is 11. The summed E-state index contributed by atoms with van der Waals surface area (Å²) < 4.78 is 0. The van der Waals surface area contributed by atoms with Crippen LogP contribution in [0.2, 0.25) is 0 Å². The van der Waals surface area contributed by atoms with Gasteiger partial charge in [0.05, 0.1) is 0 Å². The maximum absolute atomic E-state index is 4.29. The summed E-state index contributed by atoms with van der Waals surface area (Å²) in [7, 11) is 0. The second-order valence-corrected chi connectivity index (χ2v) is 13.3. The molecule has 54 heavy (non-hydrogen) atoms. The number of fused-ring (bicyclic) bond motifs is 1. The van der Waals surface area contributed by atoms with E-state index in [0.29, 0.717) is 0 Å². The minimum absolute atomic E-state index is 0.136. The number of allylic oxidation sites excluding steroid dienone is 6. The van der Waals surface area contributed by atoms with E-state index in [1.807, 2.05) is 50.3 Å². The summed E-state index contributed by atoms with van der Waals surface area (Å²) in [6, 6.07) is 52.4. The molecule has 0 amide bonds. The van der Waals surface area contributed by atoms with E-state index in [1.54, 1.807) is 0 Å². The van der Waals surface area contributed by atoms with E-state index in [0.717, 1.165) is 12.8 Å². The van der Waals surface area contributed by atoms with Crippen molar-refractivity contribution in [2.24, 2.45) is 5.92 Å². The zero-order chi connectivity index (χ0) is 38.7. The summed E-state index contributed by atoms with van der Waals surface area (Å²) in [6.07, 6.45) is 14.6. The van der Waals surface area contributed by atoms with E-state index < -0.39 is 0 Å². The molecule has 0 saturated carbocycles. The third kappa shape index (κ3) is 10.9. The second-order valence-electron chi connectivity index (χ2n) is 13.3. The summed E-state index contributed by atoms with van der Waals surface area (Å²) in [4.78, 5) is 0. The molecule has 0 spiro atoms. The number of benzene rings is 6. The van der Waals surface area contributed by atoms with Crippen LogP contribution in [0.15, 0.2) is 195 Å². The van der Waals surface area contributed by atoms with E-state index in [4.69, 9.17) is 0 Å². The lowest BCUT2D eigenvalue weighted by Gasteiger charge is -2.28. The van der Waals surface area contributed by atoms with Crippen LogP contribution in [0.3, 0.4) is 0 Å². The van der Waals surface area contributed by atoms with E-state index in [1.165, 1.54) is 65.7 Å². The first-order valence-electron chi connectivity index (χ1n) is 19.5. The molecule has 0 N–H and O–H groups in total. The minimum Gasteiger partial charge on any atom is -0.0991 e. The van der Waals surface area contributed by atoms with Gasteiger partial charge in [0.15, 0.2) is 0 Å². The molecule has 0 heterocycles. The standard InChI is InChI=1S/C45H44.C7H8.C2H6/c1-6-10-16-36(8-3)45(42(9-4)44-22-14-11-17-35(44)7-2)33(5)37-29-31-39(32-30-37)38-26-23-34(24-27-38)25-28-41-20-15-19-40-18-12-13-21-43(40)41;1-7-5-3-2-4-6-7;1-2/h6-24,26-27,29-33,45H,1,4,25,28H2,2-3,5H3;2-6H,1H3;1-2H3/b16-10-,35-7-,36-8+,44-42+;;. The van der Waals surface area contributed by atoms with Crippen LogP contribution in [0, 0.1) is 12.8 Å². The van der Waals surface area contributed by atoms with Crippen molar-refractivity contribution in [2.45, 2.75) is 60.3 Å². The predicted octanol–water partition coefficient (Wildman–Crippen LogP) is 13.6. The van der Waals surface area contributed by atoms with Gasteiger partial charge in [-0.15, -0.1) is 0 Å². The van der Waals surface area contributed by atoms with Crippen molar-refractivity contribution in [3.8, 4) is 11.1 Å². The van der Waals surface area contributed by atoms with E-state index in [-0.39, 0.29) is 11.8 Å². The molecule has 0 saturated heterocycles. The van der Waals surface area contributed by atoms with Gasteiger partial charge in [-0.3, -0.25) is 0 Å². The van der Waals surface area contributed by atoms with Crippen LogP contribution in [0.5, 0.6) is 0 Å². The largest absolute Gasteiger partial charge is 0.0991 e. The maximum Gasteiger partial charge on any atom is 0.0158 e. The van der Waals surface area contributed by atoms with Crippen molar-refractivity contribution in [3.63, 3.8) is 0 Å². The Morgan fingerprint density at radius 2 is 1.26 bits per heavy atom. The van der Waals surface area contributed by atoms with Gasteiger partial charge in [0.1, 0.15) is 0 Å². The molecule has 2 atom stereocenters. The first kappa shape index (κ1) is 41.0. The maximum atomic E-state index is 4.29. The monoisotopic (exact) mass is 706 g/mol. The lowest BCUT2D eigenvalue weighted by Crippen LogP contribution is -2.30. The highest BCUT2D eigenvalue weighted by atomic mass is 14.3. The summed E-state index contributed by atoms with van der Waals surface area (Å²) in [5.74, 6) is 0.366. The summed E-state index contributed by atoms with van der Waals surface area (Å²) >= 11 is 0. The molecule has 0 aliphatic rings. The van der Waals surface area contributed by atoms with Crippen LogP contribution in [-0.4, -0.2) is 0 Å². The zero-order valence-electron chi connectivity index (χ0n) is 33.3. The first-order valence-corrected chi connectivity index (χ1v) is 19.5. The Morgan fingerprint density at radius 3 is 1.87 bits per heavy atom. The molecule has 0 heteroatoms. The van der Waals surface area contributed by atoms with Gasteiger partial charge in [0, 0.05) is 5.92 Å².